The van der Waals surface area contributed by atoms with Gasteiger partial charge in [0, 0.05) is 24.2 Å². The monoisotopic (exact) mass is 506 g/mol. The van der Waals surface area contributed by atoms with Crippen LogP contribution in [-0.4, -0.2) is 71.4 Å². The van der Waals surface area contributed by atoms with Crippen LogP contribution in [0.3, 0.4) is 0 Å². The zero-order valence-electron chi connectivity index (χ0n) is 21.4. The van der Waals surface area contributed by atoms with E-state index < -0.39 is 23.8 Å². The molecule has 1 heterocycles. The van der Waals surface area contributed by atoms with Gasteiger partial charge in [-0.1, -0.05) is 55.3 Å². The summed E-state index contributed by atoms with van der Waals surface area (Å²) in [4.78, 5) is 54.9. The maximum atomic E-state index is 13.7. The highest BCUT2D eigenvalue weighted by molar-refractivity contribution is 6.05. The Kier molecular flexibility index (Phi) is 6.79. The molecule has 0 bridgehead atoms. The Balaban J connectivity index is 1.32. The van der Waals surface area contributed by atoms with E-state index in [0.717, 1.165) is 31.2 Å². The second kappa shape index (κ2) is 10.0. The number of nitrogens with one attached hydrogen (secondary N) is 2. The van der Waals surface area contributed by atoms with E-state index in [9.17, 15) is 19.2 Å². The van der Waals surface area contributed by atoms with Crippen LogP contribution in [0, 0.1) is 0 Å². The third-order valence-corrected chi connectivity index (χ3v) is 8.16. The predicted octanol–water partition coefficient (Wildman–Crippen LogP) is 3.24. The maximum absolute atomic E-state index is 13.7. The van der Waals surface area contributed by atoms with E-state index in [1.54, 1.807) is 12.2 Å². The van der Waals surface area contributed by atoms with Crippen molar-refractivity contribution < 1.29 is 23.9 Å². The van der Waals surface area contributed by atoms with Crippen molar-refractivity contribution in [1.82, 2.24) is 20.4 Å². The molecular weight excluding hydrogens is 472 g/mol. The lowest BCUT2D eigenvalue weighted by molar-refractivity contribution is -0.136. The van der Waals surface area contributed by atoms with Crippen LogP contribution in [0.5, 0.6) is 0 Å². The number of Topliss-reactive ketones (excluding diaryl/α,β-unsaturated/α-hetero) is 1. The van der Waals surface area contributed by atoms with Gasteiger partial charge in [0.05, 0.1) is 12.6 Å². The summed E-state index contributed by atoms with van der Waals surface area (Å²) in [5.41, 5.74) is 1.39. The number of carbonyl (C=O) groups excluding carboxylic acids is 4. The average Bonchev–Trinajstić information content (AvgIpc) is 3.62. The van der Waals surface area contributed by atoms with Crippen LogP contribution in [0.1, 0.15) is 57.1 Å². The molecule has 2 N–H and O–H groups in total. The first kappa shape index (κ1) is 25.0. The summed E-state index contributed by atoms with van der Waals surface area (Å²) in [6, 6.07) is 8.84. The number of benzene rings is 1. The quantitative estimate of drug-likeness (QED) is 0.616. The van der Waals surface area contributed by atoms with Crippen molar-refractivity contribution in [1.29, 1.82) is 0 Å². The minimum atomic E-state index is -0.944. The largest absolute Gasteiger partial charge is 0.436 e. The first-order chi connectivity index (χ1) is 17.8. The van der Waals surface area contributed by atoms with Gasteiger partial charge in [-0.2, -0.15) is 0 Å². The Morgan fingerprint density at radius 2 is 1.92 bits per heavy atom. The van der Waals surface area contributed by atoms with Crippen LogP contribution in [0.4, 0.5) is 9.59 Å². The zero-order valence-corrected chi connectivity index (χ0v) is 21.4. The van der Waals surface area contributed by atoms with Crippen molar-refractivity contribution in [2.45, 2.75) is 69.2 Å². The summed E-state index contributed by atoms with van der Waals surface area (Å²) in [5.74, 6) is -0.276. The number of carbonyl (C=O) groups is 4. The Morgan fingerprint density at radius 1 is 1.19 bits per heavy atom. The van der Waals surface area contributed by atoms with Crippen LogP contribution < -0.4 is 10.6 Å². The van der Waals surface area contributed by atoms with Gasteiger partial charge in [-0.3, -0.25) is 14.5 Å². The smallest absolute Gasteiger partial charge is 0.411 e. The predicted molar refractivity (Wildman–Crippen MR) is 137 cm³/mol. The number of urea groups is 1. The minimum Gasteiger partial charge on any atom is -0.436 e. The van der Waals surface area contributed by atoms with Gasteiger partial charge in [0.15, 0.2) is 11.4 Å². The van der Waals surface area contributed by atoms with E-state index in [-0.39, 0.29) is 36.9 Å². The fraction of sp³-hybridized carbons (Fsp3) is 0.500. The van der Waals surface area contributed by atoms with Gasteiger partial charge in [0.1, 0.15) is 12.6 Å². The van der Waals surface area contributed by atoms with Gasteiger partial charge in [0.2, 0.25) is 5.91 Å². The van der Waals surface area contributed by atoms with Gasteiger partial charge in [-0.25, -0.2) is 9.59 Å². The number of ether oxygens (including phenoxy) is 1. The highest BCUT2D eigenvalue weighted by Gasteiger charge is 2.53. The van der Waals surface area contributed by atoms with Crippen molar-refractivity contribution >= 4 is 23.8 Å². The zero-order chi connectivity index (χ0) is 26.2. The summed E-state index contributed by atoms with van der Waals surface area (Å²) in [6.07, 6.45) is 7.93. The molecule has 1 saturated carbocycles. The van der Waals surface area contributed by atoms with Crippen LogP contribution in [0.25, 0.3) is 0 Å². The molecule has 1 spiro atoms. The number of ketones is 1. The molecule has 0 radical (unpaired) electrons. The Labute approximate surface area is 216 Å². The molecule has 1 aromatic rings. The van der Waals surface area contributed by atoms with Crippen molar-refractivity contribution in [2.75, 3.05) is 20.1 Å². The van der Waals surface area contributed by atoms with Crippen LogP contribution >= 0.6 is 0 Å². The van der Waals surface area contributed by atoms with E-state index in [0.29, 0.717) is 24.0 Å². The third-order valence-electron chi connectivity index (χ3n) is 8.16. The van der Waals surface area contributed by atoms with Crippen molar-refractivity contribution in [2.24, 2.45) is 0 Å². The Bertz CT molecular complexity index is 1160. The lowest BCUT2D eigenvalue weighted by Crippen LogP contribution is -2.47. The lowest BCUT2D eigenvalue weighted by atomic mass is 9.89. The summed E-state index contributed by atoms with van der Waals surface area (Å²) in [7, 11) is 1.49. The van der Waals surface area contributed by atoms with Gasteiger partial charge >= 0.3 is 12.1 Å². The van der Waals surface area contributed by atoms with Crippen LogP contribution in [0.2, 0.25) is 0 Å². The molecule has 1 saturated heterocycles. The van der Waals surface area contributed by atoms with Gasteiger partial charge in [-0.05, 0) is 38.2 Å². The topological polar surface area (TPSA) is 108 Å². The minimum absolute atomic E-state index is 0.0601. The van der Waals surface area contributed by atoms with Crippen LogP contribution in [0.15, 0.2) is 53.6 Å². The molecule has 1 aliphatic heterocycles. The summed E-state index contributed by atoms with van der Waals surface area (Å²) in [6.45, 7) is 2.21. The molecule has 3 atom stereocenters. The fourth-order valence-corrected chi connectivity index (χ4v) is 6.26. The van der Waals surface area contributed by atoms with E-state index in [2.05, 4.69) is 10.6 Å². The average molecular weight is 507 g/mol. The molecule has 4 aliphatic rings. The number of rotatable bonds is 6. The molecule has 1 unspecified atom stereocenters. The number of hydrogen-bond donors (Lipinski definition) is 2. The summed E-state index contributed by atoms with van der Waals surface area (Å²) in [5, 5.41) is 5.08. The maximum Gasteiger partial charge on any atom is 0.411 e. The molecule has 9 heteroatoms. The van der Waals surface area contributed by atoms with Gasteiger partial charge < -0.3 is 20.3 Å². The molecule has 5 rings (SSSR count). The standard InChI is InChI=1S/C28H34N4O5/c1-18(19-8-4-3-5-9-19)32(20-10-6-7-11-20)24(33)16-31-17-28(37-27(31)36)15-14-21-22(28)12-13-23(25(21)34)30-26(35)29-2/h3-5,8-9,12-13,18,20,23H,6-7,10-11,14-17H2,1-2H3,(H2,29,30,35)/t18-,23?,28+/m1/s1. The highest BCUT2D eigenvalue weighted by atomic mass is 16.6. The van der Waals surface area contributed by atoms with E-state index >= 15 is 0 Å². The molecule has 1 aromatic carbocycles. The van der Waals surface area contributed by atoms with Crippen LogP contribution in [-0.2, 0) is 14.3 Å². The fourth-order valence-electron chi connectivity index (χ4n) is 6.26. The number of fused-ring (bicyclic) bond motifs is 1. The molecule has 9 nitrogen and oxygen atoms in total. The van der Waals surface area contributed by atoms with Gasteiger partial charge in [0.25, 0.3) is 0 Å². The van der Waals surface area contributed by atoms with Crippen molar-refractivity contribution in [3.8, 4) is 0 Å². The molecule has 196 valence electrons. The third kappa shape index (κ3) is 4.63. The SMILES string of the molecule is CNC(=O)NC1C=CC2=C(CC[C@]23CN(CC(=O)N(C2CCCC2)[C@H](C)c2ccccc2)C(=O)O3)C1=O. The summed E-state index contributed by atoms with van der Waals surface area (Å²) < 4.78 is 5.88. The first-order valence-electron chi connectivity index (χ1n) is 13.1. The molecular formula is C28H34N4O5. The van der Waals surface area contributed by atoms with Crippen molar-refractivity contribution in [3.05, 3.63) is 59.2 Å². The Hall–Kier alpha value is -3.62. The first-order valence-corrected chi connectivity index (χ1v) is 13.1. The summed E-state index contributed by atoms with van der Waals surface area (Å²) >= 11 is 0. The lowest BCUT2D eigenvalue weighted by Gasteiger charge is -2.36. The normalized spacial score (nSPS) is 25.9. The van der Waals surface area contributed by atoms with Gasteiger partial charge in [-0.15, -0.1) is 0 Å². The molecule has 2 fully saturated rings. The van der Waals surface area contributed by atoms with E-state index in [1.165, 1.54) is 11.9 Å². The number of nitrogens with zero attached hydrogens (tertiary/aromatic N) is 2. The molecule has 0 aromatic heterocycles. The number of hydrogen-bond acceptors (Lipinski definition) is 5. The molecule has 37 heavy (non-hydrogen) atoms. The molecule has 3 aliphatic carbocycles. The number of amides is 4. The van der Waals surface area contributed by atoms with Crippen molar-refractivity contribution in [3.63, 3.8) is 0 Å². The highest BCUT2D eigenvalue weighted by Crippen LogP contribution is 2.45. The second-order valence-corrected chi connectivity index (χ2v) is 10.4. The van der Waals surface area contributed by atoms with E-state index in [1.807, 2.05) is 42.2 Å². The van der Waals surface area contributed by atoms with E-state index in [4.69, 9.17) is 4.74 Å². The Morgan fingerprint density at radius 3 is 2.62 bits per heavy atom. The second-order valence-electron chi connectivity index (χ2n) is 10.4. The molecule has 4 amide bonds.